The van der Waals surface area contributed by atoms with Gasteiger partial charge in [-0.05, 0) is 31.0 Å². The summed E-state index contributed by atoms with van der Waals surface area (Å²) in [6, 6.07) is 5.32. The first-order chi connectivity index (χ1) is 11.1. The van der Waals surface area contributed by atoms with Crippen LogP contribution in [0.2, 0.25) is 5.02 Å². The number of halogens is 1. The van der Waals surface area contributed by atoms with Crippen molar-refractivity contribution in [2.24, 2.45) is 0 Å². The molecular weight excluding hydrogens is 338 g/mol. The maximum Gasteiger partial charge on any atom is 0.301 e. The molecule has 0 unspecified atom stereocenters. The summed E-state index contributed by atoms with van der Waals surface area (Å²) >= 11 is 6.08. The van der Waals surface area contributed by atoms with Gasteiger partial charge in [0.15, 0.2) is 0 Å². The lowest BCUT2D eigenvalue weighted by Gasteiger charge is -2.32. The number of nitrogens with zero attached hydrogens (tertiary/aromatic N) is 2. The van der Waals surface area contributed by atoms with E-state index >= 15 is 0 Å². The van der Waals surface area contributed by atoms with Crippen molar-refractivity contribution in [3.63, 3.8) is 0 Å². The number of hydrogen-bond donors (Lipinski definition) is 1. The van der Waals surface area contributed by atoms with Crippen LogP contribution in [-0.2, 0) is 14.9 Å². The van der Waals surface area contributed by atoms with Crippen LogP contribution in [0, 0.1) is 0 Å². The van der Waals surface area contributed by atoms with Crippen LogP contribution in [0.1, 0.15) is 19.3 Å². The smallest absolute Gasteiger partial charge is 0.301 e. The number of benzene rings is 1. The van der Waals surface area contributed by atoms with E-state index in [0.717, 1.165) is 38.0 Å². The predicted octanol–water partition coefficient (Wildman–Crippen LogP) is 2.32. The van der Waals surface area contributed by atoms with E-state index in [2.05, 4.69) is 9.62 Å². The van der Waals surface area contributed by atoms with Crippen LogP contribution in [0.4, 0.5) is 11.4 Å². The first kappa shape index (κ1) is 16.8. The Kier molecular flexibility index (Phi) is 5.31. The quantitative estimate of drug-likeness (QED) is 0.896. The van der Waals surface area contributed by atoms with Gasteiger partial charge >= 0.3 is 10.2 Å². The zero-order valence-corrected chi connectivity index (χ0v) is 14.6. The highest BCUT2D eigenvalue weighted by Gasteiger charge is 2.25. The Hall–Kier alpha value is -1.02. The van der Waals surface area contributed by atoms with Gasteiger partial charge in [0, 0.05) is 31.2 Å². The average molecular weight is 360 g/mol. The molecule has 128 valence electrons. The maximum absolute atomic E-state index is 12.6. The summed E-state index contributed by atoms with van der Waals surface area (Å²) in [5.41, 5.74) is 1.38. The van der Waals surface area contributed by atoms with Crippen molar-refractivity contribution < 1.29 is 13.2 Å². The van der Waals surface area contributed by atoms with Gasteiger partial charge in [-0.2, -0.15) is 12.7 Å². The average Bonchev–Trinajstić information content (AvgIpc) is 2.56. The molecule has 23 heavy (non-hydrogen) atoms. The van der Waals surface area contributed by atoms with Crippen molar-refractivity contribution in [3.8, 4) is 0 Å². The van der Waals surface area contributed by atoms with Crippen LogP contribution in [0.3, 0.4) is 0 Å². The van der Waals surface area contributed by atoms with Crippen molar-refractivity contribution >= 4 is 33.2 Å². The second-order valence-electron chi connectivity index (χ2n) is 5.83. The minimum absolute atomic E-state index is 0.512. The lowest BCUT2D eigenvalue weighted by Crippen LogP contribution is -2.40. The molecule has 2 aliphatic heterocycles. The fourth-order valence-electron chi connectivity index (χ4n) is 2.98. The Morgan fingerprint density at radius 2 is 1.74 bits per heavy atom. The van der Waals surface area contributed by atoms with E-state index in [9.17, 15) is 8.42 Å². The third-order valence-corrected chi connectivity index (χ3v) is 5.96. The second-order valence-corrected chi connectivity index (χ2v) is 7.93. The minimum atomic E-state index is -3.55. The summed E-state index contributed by atoms with van der Waals surface area (Å²) in [5.74, 6) is 0. The molecule has 0 radical (unpaired) electrons. The van der Waals surface area contributed by atoms with Gasteiger partial charge in [0.05, 0.1) is 24.6 Å². The molecule has 2 fully saturated rings. The van der Waals surface area contributed by atoms with E-state index in [1.165, 1.54) is 4.31 Å². The molecular formula is C15H22ClN3O3S. The Balaban J connectivity index is 1.84. The van der Waals surface area contributed by atoms with E-state index in [1.54, 1.807) is 12.1 Å². The predicted molar refractivity (Wildman–Crippen MR) is 92.5 cm³/mol. The molecule has 0 saturated carbocycles. The largest absolute Gasteiger partial charge is 0.378 e. The highest BCUT2D eigenvalue weighted by Crippen LogP contribution is 2.31. The summed E-state index contributed by atoms with van der Waals surface area (Å²) in [6.45, 7) is 3.90. The molecule has 6 nitrogen and oxygen atoms in total. The SMILES string of the molecule is O=S(=O)(Nc1cc(Cl)ccc1N1CCOCC1)N1CCCCC1. The van der Waals surface area contributed by atoms with E-state index in [1.807, 2.05) is 6.07 Å². The van der Waals surface area contributed by atoms with Gasteiger partial charge in [-0.25, -0.2) is 0 Å². The van der Waals surface area contributed by atoms with E-state index < -0.39 is 10.2 Å². The first-order valence-electron chi connectivity index (χ1n) is 7.96. The van der Waals surface area contributed by atoms with Crippen molar-refractivity contribution in [1.82, 2.24) is 4.31 Å². The molecule has 8 heteroatoms. The zero-order chi connectivity index (χ0) is 16.3. The molecule has 1 aromatic carbocycles. The number of ether oxygens (including phenoxy) is 1. The van der Waals surface area contributed by atoms with E-state index in [4.69, 9.17) is 16.3 Å². The summed E-state index contributed by atoms with van der Waals surface area (Å²) < 4.78 is 34.9. The molecule has 3 rings (SSSR count). The van der Waals surface area contributed by atoms with Gasteiger partial charge in [-0.15, -0.1) is 0 Å². The van der Waals surface area contributed by atoms with Crippen LogP contribution >= 0.6 is 11.6 Å². The molecule has 0 amide bonds. The number of morpholine rings is 1. The Morgan fingerprint density at radius 3 is 2.43 bits per heavy atom. The first-order valence-corrected chi connectivity index (χ1v) is 9.78. The molecule has 1 N–H and O–H groups in total. The van der Waals surface area contributed by atoms with Crippen molar-refractivity contribution in [2.45, 2.75) is 19.3 Å². The molecule has 0 atom stereocenters. The lowest BCUT2D eigenvalue weighted by atomic mass is 10.2. The van der Waals surface area contributed by atoms with Crippen molar-refractivity contribution in [1.29, 1.82) is 0 Å². The second kappa shape index (κ2) is 7.25. The lowest BCUT2D eigenvalue weighted by molar-refractivity contribution is 0.123. The van der Waals surface area contributed by atoms with Gasteiger partial charge < -0.3 is 9.64 Å². The van der Waals surface area contributed by atoms with Gasteiger partial charge in [0.2, 0.25) is 0 Å². The number of rotatable bonds is 4. The number of hydrogen-bond acceptors (Lipinski definition) is 4. The number of anilines is 2. The van der Waals surface area contributed by atoms with Crippen LogP contribution in [0.5, 0.6) is 0 Å². The summed E-state index contributed by atoms with van der Waals surface area (Å²) in [4.78, 5) is 2.12. The van der Waals surface area contributed by atoms with Gasteiger partial charge in [-0.3, -0.25) is 4.72 Å². The third-order valence-electron chi connectivity index (χ3n) is 4.20. The number of nitrogens with one attached hydrogen (secondary N) is 1. The highest BCUT2D eigenvalue weighted by molar-refractivity contribution is 7.90. The monoisotopic (exact) mass is 359 g/mol. The minimum Gasteiger partial charge on any atom is -0.378 e. The summed E-state index contributed by atoms with van der Waals surface area (Å²) in [6.07, 6.45) is 2.90. The Bertz CT molecular complexity index is 641. The fourth-order valence-corrected chi connectivity index (χ4v) is 4.46. The maximum atomic E-state index is 12.6. The van der Waals surface area contributed by atoms with Gasteiger partial charge in [-0.1, -0.05) is 18.0 Å². The standard InChI is InChI=1S/C15H22ClN3O3S/c16-13-4-5-15(18-8-10-22-11-9-18)14(12-13)17-23(20,21)19-6-2-1-3-7-19/h4-5,12,17H,1-3,6-11H2. The van der Waals surface area contributed by atoms with Gasteiger partial charge in [0.1, 0.15) is 0 Å². The zero-order valence-electron chi connectivity index (χ0n) is 13.0. The highest BCUT2D eigenvalue weighted by atomic mass is 35.5. The normalized spacial score (nSPS) is 20.5. The van der Waals surface area contributed by atoms with E-state index in [-0.39, 0.29) is 0 Å². The van der Waals surface area contributed by atoms with Crippen molar-refractivity contribution in [3.05, 3.63) is 23.2 Å². The van der Waals surface area contributed by atoms with E-state index in [0.29, 0.717) is 37.0 Å². The summed E-state index contributed by atoms with van der Waals surface area (Å²) in [7, 11) is -3.55. The Morgan fingerprint density at radius 1 is 1.04 bits per heavy atom. The molecule has 2 heterocycles. The van der Waals surface area contributed by atoms with Crippen LogP contribution in [0.15, 0.2) is 18.2 Å². The summed E-state index contributed by atoms with van der Waals surface area (Å²) in [5, 5.41) is 0.512. The van der Waals surface area contributed by atoms with Crippen LogP contribution < -0.4 is 9.62 Å². The molecule has 2 saturated heterocycles. The van der Waals surface area contributed by atoms with Gasteiger partial charge in [0.25, 0.3) is 0 Å². The molecule has 2 aliphatic rings. The van der Waals surface area contributed by atoms with Crippen molar-refractivity contribution in [2.75, 3.05) is 49.0 Å². The topological polar surface area (TPSA) is 61.9 Å². The molecule has 0 aromatic heterocycles. The third kappa shape index (κ3) is 4.09. The van der Waals surface area contributed by atoms with Crippen LogP contribution in [-0.4, -0.2) is 52.1 Å². The molecule has 0 aliphatic carbocycles. The molecule has 0 bridgehead atoms. The fraction of sp³-hybridized carbons (Fsp3) is 0.600. The van der Waals surface area contributed by atoms with Crippen LogP contribution in [0.25, 0.3) is 0 Å². The number of piperidine rings is 1. The molecule has 1 aromatic rings. The Labute approximate surface area is 142 Å². The molecule has 0 spiro atoms.